The Morgan fingerprint density at radius 3 is 2.23 bits per heavy atom. The number of halogens is 3. The summed E-state index contributed by atoms with van der Waals surface area (Å²) < 4.78 is 39.1. The van der Waals surface area contributed by atoms with Gasteiger partial charge < -0.3 is 25.8 Å². The van der Waals surface area contributed by atoms with Crippen LogP contribution < -0.4 is 26.2 Å². The Hall–Kier alpha value is -5.17. The van der Waals surface area contributed by atoms with Crippen LogP contribution in [0.25, 0.3) is 0 Å². The predicted molar refractivity (Wildman–Crippen MR) is 165 cm³/mol. The van der Waals surface area contributed by atoms with Crippen LogP contribution in [0.2, 0.25) is 0 Å². The molecule has 10 nitrogen and oxygen atoms in total. The molecular formula is C31H31F3N8O2. The molecule has 1 aliphatic rings. The number of aromatic nitrogens is 2. The highest BCUT2D eigenvalue weighted by molar-refractivity contribution is 6.05. The fourth-order valence-corrected chi connectivity index (χ4v) is 4.61. The fourth-order valence-electron chi connectivity index (χ4n) is 4.61. The van der Waals surface area contributed by atoms with Gasteiger partial charge in [-0.3, -0.25) is 10.1 Å². The third-order valence-corrected chi connectivity index (χ3v) is 7.11. The zero-order valence-electron chi connectivity index (χ0n) is 24.1. The first-order valence-electron chi connectivity index (χ1n) is 13.8. The number of carbonyl (C=O) groups is 2. The summed E-state index contributed by atoms with van der Waals surface area (Å²) in [6, 6.07) is 18.0. The topological polar surface area (TPSA) is 115 Å². The van der Waals surface area contributed by atoms with Crippen LogP contribution in [0.4, 0.5) is 52.4 Å². The third kappa shape index (κ3) is 7.81. The van der Waals surface area contributed by atoms with Gasteiger partial charge in [-0.15, -0.1) is 0 Å². The van der Waals surface area contributed by atoms with Crippen LogP contribution in [-0.2, 0) is 6.18 Å². The van der Waals surface area contributed by atoms with Gasteiger partial charge in [-0.05, 0) is 74.1 Å². The first-order chi connectivity index (χ1) is 21.0. The number of nitrogens with one attached hydrogen (secondary N) is 4. The van der Waals surface area contributed by atoms with Crippen molar-refractivity contribution >= 4 is 46.3 Å². The number of alkyl halides is 3. The minimum absolute atomic E-state index is 0.146. The van der Waals surface area contributed by atoms with E-state index in [9.17, 15) is 22.8 Å². The van der Waals surface area contributed by atoms with Crippen molar-refractivity contribution in [2.75, 3.05) is 59.4 Å². The maximum absolute atomic E-state index is 13.0. The van der Waals surface area contributed by atoms with E-state index in [1.54, 1.807) is 25.1 Å². The lowest BCUT2D eigenvalue weighted by Gasteiger charge is -2.34. The van der Waals surface area contributed by atoms with E-state index in [0.717, 1.165) is 49.7 Å². The average molecular weight is 605 g/mol. The summed E-state index contributed by atoms with van der Waals surface area (Å²) in [6.45, 7) is 5.76. The number of aryl methyl sites for hydroxylation is 1. The molecular weight excluding hydrogens is 573 g/mol. The van der Waals surface area contributed by atoms with Crippen LogP contribution in [0, 0.1) is 6.92 Å². The van der Waals surface area contributed by atoms with E-state index in [1.165, 1.54) is 24.5 Å². The van der Waals surface area contributed by atoms with E-state index in [2.05, 4.69) is 60.2 Å². The SMILES string of the molecule is Cc1ccc(NC(=O)c2cccc(C(F)(F)F)c2)cc1NC(=O)Nc1cc(Nc2ccc(N3CCN(C)CC3)cc2)ncn1. The van der Waals surface area contributed by atoms with Crippen LogP contribution in [0.3, 0.4) is 0 Å². The first kappa shape index (κ1) is 30.3. The number of anilines is 6. The Morgan fingerprint density at radius 1 is 0.795 bits per heavy atom. The van der Waals surface area contributed by atoms with Crippen LogP contribution in [0.1, 0.15) is 21.5 Å². The van der Waals surface area contributed by atoms with E-state index in [-0.39, 0.29) is 11.4 Å². The lowest BCUT2D eigenvalue weighted by atomic mass is 10.1. The second-order valence-electron chi connectivity index (χ2n) is 10.4. The molecule has 0 unspecified atom stereocenters. The highest BCUT2D eigenvalue weighted by atomic mass is 19.4. The first-order valence-corrected chi connectivity index (χ1v) is 13.8. The monoisotopic (exact) mass is 604 g/mol. The molecule has 2 heterocycles. The number of hydrogen-bond acceptors (Lipinski definition) is 7. The van der Waals surface area contributed by atoms with Crippen molar-refractivity contribution in [3.05, 3.63) is 95.8 Å². The van der Waals surface area contributed by atoms with E-state index in [1.807, 2.05) is 12.1 Å². The number of urea groups is 1. The normalized spacial score (nSPS) is 13.7. The molecule has 1 aromatic heterocycles. The van der Waals surface area contributed by atoms with Crippen molar-refractivity contribution in [3.8, 4) is 0 Å². The van der Waals surface area contributed by atoms with Crippen molar-refractivity contribution < 1.29 is 22.8 Å². The van der Waals surface area contributed by atoms with Crippen LogP contribution in [-0.4, -0.2) is 60.0 Å². The molecule has 1 saturated heterocycles. The summed E-state index contributed by atoms with van der Waals surface area (Å²) in [6.07, 6.45) is -3.24. The van der Waals surface area contributed by atoms with Gasteiger partial charge in [-0.1, -0.05) is 12.1 Å². The summed E-state index contributed by atoms with van der Waals surface area (Å²) >= 11 is 0. The van der Waals surface area contributed by atoms with Gasteiger partial charge in [-0.25, -0.2) is 14.8 Å². The van der Waals surface area contributed by atoms with Gasteiger partial charge >= 0.3 is 12.2 Å². The van der Waals surface area contributed by atoms with E-state index in [0.29, 0.717) is 22.8 Å². The molecule has 0 spiro atoms. The molecule has 0 bridgehead atoms. The van der Waals surface area contributed by atoms with E-state index < -0.39 is 23.7 Å². The van der Waals surface area contributed by atoms with Gasteiger partial charge in [0.25, 0.3) is 5.91 Å². The van der Waals surface area contributed by atoms with Gasteiger partial charge in [0.15, 0.2) is 0 Å². The number of benzene rings is 3. The number of piperazine rings is 1. The summed E-state index contributed by atoms with van der Waals surface area (Å²) in [4.78, 5) is 38.4. The third-order valence-electron chi connectivity index (χ3n) is 7.11. The molecule has 0 atom stereocenters. The Labute approximate surface area is 252 Å². The van der Waals surface area contributed by atoms with E-state index in [4.69, 9.17) is 0 Å². The van der Waals surface area contributed by atoms with E-state index >= 15 is 0 Å². The van der Waals surface area contributed by atoms with Crippen LogP contribution in [0.15, 0.2) is 79.1 Å². The predicted octanol–water partition coefficient (Wildman–Crippen LogP) is 6.20. The number of hydrogen-bond donors (Lipinski definition) is 4. The molecule has 228 valence electrons. The van der Waals surface area contributed by atoms with Crippen molar-refractivity contribution in [1.29, 1.82) is 0 Å². The summed E-state index contributed by atoms with van der Waals surface area (Å²) in [5.74, 6) is 0.0178. The number of amides is 3. The molecule has 1 fully saturated rings. The standard InChI is InChI=1S/C31H31F3N8O2/c1-20-6-7-24(38-29(43)21-4-3-5-22(16-21)31(32,33)34)17-26(20)39-30(44)40-28-18-27(35-19-36-28)37-23-8-10-25(11-9-23)42-14-12-41(2)13-15-42/h3-11,16-19H,12-15H2,1-2H3,(H,38,43)(H3,35,36,37,39,40,44). The molecule has 1 aliphatic heterocycles. The van der Waals surface area contributed by atoms with Crippen molar-refractivity contribution in [2.45, 2.75) is 13.1 Å². The van der Waals surface area contributed by atoms with Crippen LogP contribution >= 0.6 is 0 Å². The average Bonchev–Trinajstić information content (AvgIpc) is 2.99. The zero-order valence-corrected chi connectivity index (χ0v) is 24.1. The number of rotatable bonds is 7. The van der Waals surface area contributed by atoms with Gasteiger partial charge in [0, 0.05) is 60.6 Å². The second-order valence-corrected chi connectivity index (χ2v) is 10.4. The van der Waals surface area contributed by atoms with Gasteiger partial charge in [-0.2, -0.15) is 13.2 Å². The van der Waals surface area contributed by atoms with Gasteiger partial charge in [0.1, 0.15) is 18.0 Å². The smallest absolute Gasteiger partial charge is 0.369 e. The summed E-state index contributed by atoms with van der Waals surface area (Å²) in [5.41, 5.74) is 2.29. The summed E-state index contributed by atoms with van der Waals surface area (Å²) in [7, 11) is 2.12. The maximum Gasteiger partial charge on any atom is 0.416 e. The molecule has 0 aliphatic carbocycles. The Kier molecular flexibility index (Phi) is 8.95. The lowest BCUT2D eigenvalue weighted by molar-refractivity contribution is -0.137. The van der Waals surface area contributed by atoms with Crippen molar-refractivity contribution in [1.82, 2.24) is 14.9 Å². The second kappa shape index (κ2) is 13.0. The Balaban J connectivity index is 1.19. The fraction of sp³-hybridized carbons (Fsp3) is 0.226. The minimum Gasteiger partial charge on any atom is -0.369 e. The van der Waals surface area contributed by atoms with Crippen molar-refractivity contribution in [3.63, 3.8) is 0 Å². The number of carbonyl (C=O) groups excluding carboxylic acids is 2. The summed E-state index contributed by atoms with van der Waals surface area (Å²) in [5, 5.41) is 11.2. The quantitative estimate of drug-likeness (QED) is 0.199. The molecule has 4 aromatic rings. The Morgan fingerprint density at radius 2 is 1.50 bits per heavy atom. The molecule has 13 heteroatoms. The highest BCUT2D eigenvalue weighted by Gasteiger charge is 2.31. The molecule has 3 aromatic carbocycles. The van der Waals surface area contributed by atoms with Gasteiger partial charge in [0.2, 0.25) is 0 Å². The molecule has 0 saturated carbocycles. The Bertz CT molecular complexity index is 1640. The largest absolute Gasteiger partial charge is 0.416 e. The van der Waals surface area contributed by atoms with Crippen molar-refractivity contribution in [2.24, 2.45) is 0 Å². The van der Waals surface area contributed by atoms with Crippen LogP contribution in [0.5, 0.6) is 0 Å². The molecule has 0 radical (unpaired) electrons. The number of nitrogens with zero attached hydrogens (tertiary/aromatic N) is 4. The molecule has 3 amide bonds. The minimum atomic E-state index is -4.57. The molecule has 4 N–H and O–H groups in total. The maximum atomic E-state index is 13.0. The molecule has 44 heavy (non-hydrogen) atoms. The lowest BCUT2D eigenvalue weighted by Crippen LogP contribution is -2.44. The molecule has 5 rings (SSSR count). The zero-order chi connectivity index (χ0) is 31.3. The highest BCUT2D eigenvalue weighted by Crippen LogP contribution is 2.30. The van der Waals surface area contributed by atoms with Gasteiger partial charge in [0.05, 0.1) is 5.56 Å². The number of likely N-dealkylation sites (N-methyl/N-ethyl adjacent to an activating group) is 1.